The van der Waals surface area contributed by atoms with Gasteiger partial charge in [-0.25, -0.2) is 0 Å². The zero-order valence-corrected chi connectivity index (χ0v) is 33.2. The molecule has 0 saturated carbocycles. The normalized spacial score (nSPS) is 15.7. The summed E-state index contributed by atoms with van der Waals surface area (Å²) in [6.45, 7) is 4.85. The van der Waals surface area contributed by atoms with Gasteiger partial charge in [0.25, 0.3) is 0 Å². The molecule has 0 spiro atoms. The maximum Gasteiger partial charge on any atom is 0.225 e. The van der Waals surface area contributed by atoms with Crippen molar-refractivity contribution in [3.05, 3.63) is 106 Å². The van der Waals surface area contributed by atoms with Crippen molar-refractivity contribution in [1.82, 2.24) is 9.80 Å². The number of methoxy groups -OCH3 is 4. The molecular weight excluding hydrogens is 743 g/mol. The molecule has 13 heteroatoms. The van der Waals surface area contributed by atoms with Crippen LogP contribution in [0.1, 0.15) is 36.2 Å². The molecule has 2 atom stereocenters. The second-order valence-electron chi connectivity index (χ2n) is 13.4. The number of carbonyl (C=O) groups is 2. The lowest BCUT2D eigenvalue weighted by Crippen LogP contribution is -2.49. The maximum atomic E-state index is 14.0. The molecule has 6 rings (SSSR count). The van der Waals surface area contributed by atoms with Gasteiger partial charge in [0.05, 0.1) is 53.5 Å². The molecule has 2 saturated heterocycles. The van der Waals surface area contributed by atoms with Crippen molar-refractivity contribution in [2.24, 2.45) is 0 Å². The summed E-state index contributed by atoms with van der Waals surface area (Å²) in [7, 11) is 6.47. The van der Waals surface area contributed by atoms with Crippen molar-refractivity contribution in [3.63, 3.8) is 0 Å². The van der Waals surface area contributed by atoms with Crippen LogP contribution in [-0.2, 0) is 14.3 Å². The SMILES string of the molecule is COc1ccc(N2CCN(C(=O)CC(OC(CC(=O)N3CCN(c4ccc(OC)c(OC)c4)CC3)c3ccc(Cl)cc3)c3ccc(Cl)cc3)CC2)cc1OC. The van der Waals surface area contributed by atoms with Crippen LogP contribution in [0, 0.1) is 0 Å². The van der Waals surface area contributed by atoms with E-state index in [2.05, 4.69) is 9.80 Å². The number of piperazine rings is 2. The molecule has 0 bridgehead atoms. The highest BCUT2D eigenvalue weighted by molar-refractivity contribution is 6.30. The molecule has 2 amide bonds. The number of amides is 2. The van der Waals surface area contributed by atoms with Gasteiger partial charge in [-0.3, -0.25) is 9.59 Å². The molecule has 55 heavy (non-hydrogen) atoms. The average Bonchev–Trinajstić information content (AvgIpc) is 3.23. The molecule has 11 nitrogen and oxygen atoms in total. The Bertz CT molecular complexity index is 1760. The Labute approximate surface area is 333 Å². The summed E-state index contributed by atoms with van der Waals surface area (Å²) in [4.78, 5) is 36.2. The summed E-state index contributed by atoms with van der Waals surface area (Å²) in [6.07, 6.45) is -1.08. The van der Waals surface area contributed by atoms with Crippen molar-refractivity contribution < 1.29 is 33.3 Å². The van der Waals surface area contributed by atoms with Crippen molar-refractivity contribution in [3.8, 4) is 23.0 Å². The minimum absolute atomic E-state index is 0.0284. The molecule has 0 aliphatic carbocycles. The van der Waals surface area contributed by atoms with E-state index in [1.54, 1.807) is 52.7 Å². The first-order valence-electron chi connectivity index (χ1n) is 18.4. The minimum atomic E-state index is -0.635. The molecule has 2 fully saturated rings. The Morgan fingerprint density at radius 2 is 0.855 bits per heavy atom. The Morgan fingerprint density at radius 1 is 0.509 bits per heavy atom. The van der Waals surface area contributed by atoms with Crippen molar-refractivity contribution in [1.29, 1.82) is 0 Å². The Hall–Kier alpha value is -4.84. The van der Waals surface area contributed by atoms with Crippen LogP contribution in [0.5, 0.6) is 23.0 Å². The van der Waals surface area contributed by atoms with Gasteiger partial charge in [0, 0.05) is 85.9 Å². The van der Waals surface area contributed by atoms with Gasteiger partial charge in [0.1, 0.15) is 0 Å². The Balaban J connectivity index is 1.14. The van der Waals surface area contributed by atoms with Gasteiger partial charge < -0.3 is 43.3 Å². The molecule has 0 aromatic heterocycles. The van der Waals surface area contributed by atoms with Crippen LogP contribution in [0.3, 0.4) is 0 Å². The van der Waals surface area contributed by atoms with Crippen LogP contribution in [0.2, 0.25) is 10.0 Å². The summed E-state index contributed by atoms with van der Waals surface area (Å²) in [5.41, 5.74) is 3.61. The molecule has 2 aliphatic rings. The van der Waals surface area contributed by atoms with E-state index in [0.29, 0.717) is 85.4 Å². The zero-order chi connectivity index (χ0) is 38.9. The number of benzene rings is 4. The van der Waals surface area contributed by atoms with Gasteiger partial charge in [-0.15, -0.1) is 0 Å². The maximum absolute atomic E-state index is 14.0. The van der Waals surface area contributed by atoms with Crippen molar-refractivity contribution in [2.75, 3.05) is 90.6 Å². The molecule has 0 N–H and O–H groups in total. The topological polar surface area (TPSA) is 93.3 Å². The van der Waals surface area contributed by atoms with Gasteiger partial charge in [-0.1, -0.05) is 47.5 Å². The Kier molecular flexibility index (Phi) is 13.5. The van der Waals surface area contributed by atoms with Crippen LogP contribution in [0.15, 0.2) is 84.9 Å². The highest BCUT2D eigenvalue weighted by atomic mass is 35.5. The number of ether oxygens (including phenoxy) is 5. The molecule has 2 unspecified atom stereocenters. The molecule has 2 heterocycles. The van der Waals surface area contributed by atoms with Gasteiger partial charge in [0.15, 0.2) is 23.0 Å². The van der Waals surface area contributed by atoms with E-state index < -0.39 is 12.2 Å². The molecule has 2 aliphatic heterocycles. The Morgan fingerprint density at radius 3 is 1.18 bits per heavy atom. The van der Waals surface area contributed by atoms with Crippen molar-refractivity contribution >= 4 is 46.4 Å². The lowest BCUT2D eigenvalue weighted by Gasteiger charge is -2.38. The molecule has 4 aromatic carbocycles. The van der Waals surface area contributed by atoms with Crippen LogP contribution in [0.25, 0.3) is 0 Å². The molecule has 292 valence electrons. The molecule has 4 aromatic rings. The van der Waals surface area contributed by atoms with Crippen molar-refractivity contribution in [2.45, 2.75) is 25.0 Å². The monoisotopic (exact) mass is 790 g/mol. The van der Waals surface area contributed by atoms with E-state index >= 15 is 0 Å². The summed E-state index contributed by atoms with van der Waals surface area (Å²) in [5.74, 6) is 2.60. The van der Waals surface area contributed by atoms with Gasteiger partial charge in [0.2, 0.25) is 11.8 Å². The highest BCUT2D eigenvalue weighted by Gasteiger charge is 2.31. The average molecular weight is 792 g/mol. The first-order chi connectivity index (χ1) is 26.7. The number of nitrogens with zero attached hydrogens (tertiary/aromatic N) is 4. The lowest BCUT2D eigenvalue weighted by atomic mass is 10.0. The number of hydrogen-bond donors (Lipinski definition) is 0. The number of carbonyl (C=O) groups excluding carboxylic acids is 2. The summed E-state index contributed by atoms with van der Waals surface area (Å²) >= 11 is 12.6. The fourth-order valence-electron chi connectivity index (χ4n) is 7.09. The third-order valence-electron chi connectivity index (χ3n) is 10.3. The standard InChI is InChI=1S/C42H48Cl2N4O7/c1-51-35-15-13-33(25-39(35)53-3)45-17-21-47(22-18-45)41(49)27-37(29-5-9-31(43)10-6-29)55-38(30-7-11-32(44)12-8-30)28-42(50)48-23-19-46(20-24-48)34-14-16-36(52-2)40(26-34)54-4/h5-16,25-26,37-38H,17-24,27-28H2,1-4H3. The first kappa shape index (κ1) is 39.8. The largest absolute Gasteiger partial charge is 0.493 e. The summed E-state index contributed by atoms with van der Waals surface area (Å²) in [6, 6.07) is 26.4. The third kappa shape index (κ3) is 9.89. The van der Waals surface area contributed by atoms with Crippen LogP contribution < -0.4 is 28.7 Å². The van der Waals surface area contributed by atoms with Gasteiger partial charge in [-0.2, -0.15) is 0 Å². The van der Waals surface area contributed by atoms with E-state index in [1.165, 1.54) is 0 Å². The number of hydrogen-bond acceptors (Lipinski definition) is 9. The quantitative estimate of drug-likeness (QED) is 0.131. The summed E-state index contributed by atoms with van der Waals surface area (Å²) < 4.78 is 28.7. The summed E-state index contributed by atoms with van der Waals surface area (Å²) in [5, 5.41) is 1.16. The fraction of sp³-hybridized carbons (Fsp3) is 0.381. The van der Waals surface area contributed by atoms with Crippen LogP contribution >= 0.6 is 23.2 Å². The van der Waals surface area contributed by atoms with Gasteiger partial charge >= 0.3 is 0 Å². The number of halogens is 2. The lowest BCUT2D eigenvalue weighted by molar-refractivity contribution is -0.139. The van der Waals surface area contributed by atoms with E-state index in [0.717, 1.165) is 22.5 Å². The smallest absolute Gasteiger partial charge is 0.225 e. The van der Waals surface area contributed by atoms with Crippen LogP contribution in [-0.4, -0.2) is 102 Å². The highest BCUT2D eigenvalue weighted by Crippen LogP contribution is 2.36. The van der Waals surface area contributed by atoms with Gasteiger partial charge in [-0.05, 0) is 59.7 Å². The minimum Gasteiger partial charge on any atom is -0.493 e. The van der Waals surface area contributed by atoms with Crippen LogP contribution in [0.4, 0.5) is 11.4 Å². The second kappa shape index (κ2) is 18.7. The fourth-order valence-corrected chi connectivity index (χ4v) is 7.34. The van der Waals surface area contributed by atoms with E-state index in [-0.39, 0.29) is 24.7 Å². The first-order valence-corrected chi connectivity index (χ1v) is 19.1. The predicted molar refractivity (Wildman–Crippen MR) is 215 cm³/mol. The van der Waals surface area contributed by atoms with E-state index in [9.17, 15) is 9.59 Å². The molecule has 0 radical (unpaired) electrons. The predicted octanol–water partition coefficient (Wildman–Crippen LogP) is 7.30. The zero-order valence-electron chi connectivity index (χ0n) is 31.7. The third-order valence-corrected chi connectivity index (χ3v) is 10.8. The second-order valence-corrected chi connectivity index (χ2v) is 14.3. The van der Waals surface area contributed by atoms with E-state index in [4.69, 9.17) is 46.9 Å². The van der Waals surface area contributed by atoms with E-state index in [1.807, 2.05) is 70.5 Å². The number of rotatable bonds is 14. The number of anilines is 2. The molecular formula is C42H48Cl2N4O7.